The Balaban J connectivity index is 1.26. The predicted molar refractivity (Wildman–Crippen MR) is 98.2 cm³/mol. The number of aromatic nitrogens is 3. The van der Waals surface area contributed by atoms with Crippen LogP contribution in [0.4, 0.5) is 0 Å². The molecule has 1 aromatic heterocycles. The highest BCUT2D eigenvalue weighted by Gasteiger charge is 2.36. The van der Waals surface area contributed by atoms with Gasteiger partial charge in [-0.3, -0.25) is 4.79 Å². The largest absolute Gasteiger partial charge is 0.496 e. The van der Waals surface area contributed by atoms with E-state index in [0.29, 0.717) is 19.6 Å². The quantitative estimate of drug-likeness (QED) is 0.820. The number of benzene rings is 1. The molecule has 27 heavy (non-hydrogen) atoms. The molecule has 8 nitrogen and oxygen atoms in total. The van der Waals surface area contributed by atoms with Gasteiger partial charge in [-0.05, 0) is 12.5 Å². The van der Waals surface area contributed by atoms with Gasteiger partial charge in [0.15, 0.2) is 0 Å². The molecule has 0 spiro atoms. The minimum absolute atomic E-state index is 0.0457. The third-order valence-electron chi connectivity index (χ3n) is 5.34. The molecule has 2 aromatic rings. The maximum atomic E-state index is 12.3. The van der Waals surface area contributed by atoms with Crippen LogP contribution < -0.4 is 10.1 Å². The van der Waals surface area contributed by atoms with Crippen molar-refractivity contribution in [2.24, 2.45) is 0 Å². The second kappa shape index (κ2) is 8.06. The number of ether oxygens (including phenoxy) is 2. The summed E-state index contributed by atoms with van der Waals surface area (Å²) in [4.78, 5) is 14.6. The van der Waals surface area contributed by atoms with Crippen molar-refractivity contribution in [2.45, 2.75) is 38.1 Å². The average molecular weight is 371 g/mol. The van der Waals surface area contributed by atoms with Gasteiger partial charge in [-0.2, -0.15) is 0 Å². The fraction of sp³-hybridized carbons (Fsp3) is 0.526. The molecule has 144 valence electrons. The molecule has 0 saturated carbocycles. The van der Waals surface area contributed by atoms with Gasteiger partial charge < -0.3 is 19.7 Å². The van der Waals surface area contributed by atoms with Gasteiger partial charge in [-0.1, -0.05) is 23.4 Å². The Labute approximate surface area is 158 Å². The van der Waals surface area contributed by atoms with Crippen molar-refractivity contribution in [1.29, 1.82) is 0 Å². The molecule has 0 unspecified atom stereocenters. The Morgan fingerprint density at radius 2 is 2.30 bits per heavy atom. The topological polar surface area (TPSA) is 81.5 Å². The Hall–Kier alpha value is -2.45. The van der Waals surface area contributed by atoms with Gasteiger partial charge in [0.1, 0.15) is 5.75 Å². The SMILES string of the molecule is COc1ccccc1CNC(=O)CCN1CC[C@H]2OCc3cnnn3[C@@H]2C1. The number of carbonyl (C=O) groups is 1. The minimum atomic E-state index is 0.0457. The molecular formula is C19H25N5O3. The summed E-state index contributed by atoms with van der Waals surface area (Å²) in [5, 5.41) is 11.2. The first-order valence-electron chi connectivity index (χ1n) is 9.36. The number of para-hydroxylation sites is 1. The maximum Gasteiger partial charge on any atom is 0.221 e. The zero-order valence-corrected chi connectivity index (χ0v) is 15.5. The zero-order valence-electron chi connectivity index (χ0n) is 15.5. The molecule has 0 aliphatic carbocycles. The third kappa shape index (κ3) is 3.96. The molecule has 1 saturated heterocycles. The van der Waals surface area contributed by atoms with Crippen LogP contribution in [0.1, 0.15) is 30.1 Å². The lowest BCUT2D eigenvalue weighted by Gasteiger charge is -2.40. The second-order valence-electron chi connectivity index (χ2n) is 7.01. The van der Waals surface area contributed by atoms with Gasteiger partial charge in [0.25, 0.3) is 0 Å². The molecule has 8 heteroatoms. The van der Waals surface area contributed by atoms with Crippen LogP contribution in [0.2, 0.25) is 0 Å². The van der Waals surface area contributed by atoms with Crippen molar-refractivity contribution in [1.82, 2.24) is 25.2 Å². The van der Waals surface area contributed by atoms with Crippen LogP contribution in [0.15, 0.2) is 30.5 Å². The number of methoxy groups -OCH3 is 1. The monoisotopic (exact) mass is 371 g/mol. The summed E-state index contributed by atoms with van der Waals surface area (Å²) in [5.74, 6) is 0.838. The molecule has 2 atom stereocenters. The number of hydrogen-bond acceptors (Lipinski definition) is 6. The number of rotatable bonds is 6. The number of nitrogens with zero attached hydrogens (tertiary/aromatic N) is 4. The highest BCUT2D eigenvalue weighted by atomic mass is 16.5. The van der Waals surface area contributed by atoms with Crippen LogP contribution in [0.25, 0.3) is 0 Å². The van der Waals surface area contributed by atoms with Gasteiger partial charge >= 0.3 is 0 Å². The van der Waals surface area contributed by atoms with E-state index in [1.54, 1.807) is 13.3 Å². The molecule has 1 fully saturated rings. The van der Waals surface area contributed by atoms with E-state index in [4.69, 9.17) is 9.47 Å². The van der Waals surface area contributed by atoms with Gasteiger partial charge in [0.2, 0.25) is 5.91 Å². The second-order valence-corrected chi connectivity index (χ2v) is 7.01. The van der Waals surface area contributed by atoms with Crippen molar-refractivity contribution in [3.63, 3.8) is 0 Å². The Kier molecular flexibility index (Phi) is 5.35. The Morgan fingerprint density at radius 3 is 3.19 bits per heavy atom. The molecule has 1 aromatic carbocycles. The molecule has 2 aliphatic rings. The number of piperidine rings is 1. The van der Waals surface area contributed by atoms with Gasteiger partial charge in [-0.15, -0.1) is 5.10 Å². The van der Waals surface area contributed by atoms with Crippen molar-refractivity contribution >= 4 is 5.91 Å². The lowest BCUT2D eigenvalue weighted by molar-refractivity contribution is -0.122. The molecule has 3 heterocycles. The van der Waals surface area contributed by atoms with Crippen molar-refractivity contribution in [2.75, 3.05) is 26.7 Å². The molecular weight excluding hydrogens is 346 g/mol. The standard InChI is InChI=1S/C19H25N5O3/c1-26-17-5-3-2-4-14(17)10-20-19(25)7-9-23-8-6-18-16(12-23)24-15(13-27-18)11-21-22-24/h2-5,11,16,18H,6-10,12-13H2,1H3,(H,20,25)/t16-,18-/m1/s1. The number of carbonyl (C=O) groups excluding carboxylic acids is 1. The summed E-state index contributed by atoms with van der Waals surface area (Å²) in [6, 6.07) is 7.91. The summed E-state index contributed by atoms with van der Waals surface area (Å²) in [6.07, 6.45) is 3.38. The van der Waals surface area contributed by atoms with E-state index in [-0.39, 0.29) is 18.1 Å². The van der Waals surface area contributed by atoms with E-state index in [1.807, 2.05) is 28.9 Å². The number of likely N-dealkylation sites (tertiary alicyclic amines) is 1. The summed E-state index contributed by atoms with van der Waals surface area (Å²) in [7, 11) is 1.64. The summed E-state index contributed by atoms with van der Waals surface area (Å²) in [6.45, 7) is 3.56. The Morgan fingerprint density at radius 1 is 1.41 bits per heavy atom. The first-order chi connectivity index (χ1) is 13.2. The van der Waals surface area contributed by atoms with E-state index < -0.39 is 0 Å². The normalized spacial score (nSPS) is 22.0. The molecule has 2 aliphatic heterocycles. The molecule has 1 amide bonds. The Bertz CT molecular complexity index is 793. The highest BCUT2D eigenvalue weighted by Crippen LogP contribution is 2.29. The van der Waals surface area contributed by atoms with Crippen LogP contribution >= 0.6 is 0 Å². The van der Waals surface area contributed by atoms with E-state index in [0.717, 1.165) is 43.1 Å². The van der Waals surface area contributed by atoms with Crippen LogP contribution in [-0.4, -0.2) is 58.6 Å². The zero-order chi connectivity index (χ0) is 18.6. The first kappa shape index (κ1) is 17.9. The first-order valence-corrected chi connectivity index (χ1v) is 9.36. The highest BCUT2D eigenvalue weighted by molar-refractivity contribution is 5.76. The van der Waals surface area contributed by atoms with Crippen LogP contribution in [0.5, 0.6) is 5.75 Å². The van der Waals surface area contributed by atoms with Crippen LogP contribution in [0, 0.1) is 0 Å². The number of fused-ring (bicyclic) bond motifs is 3. The fourth-order valence-electron chi connectivity index (χ4n) is 3.84. The smallest absolute Gasteiger partial charge is 0.221 e. The van der Waals surface area contributed by atoms with Gasteiger partial charge in [0, 0.05) is 38.2 Å². The molecule has 4 rings (SSSR count). The number of hydrogen-bond donors (Lipinski definition) is 1. The number of amides is 1. The van der Waals surface area contributed by atoms with E-state index in [9.17, 15) is 4.79 Å². The summed E-state index contributed by atoms with van der Waals surface area (Å²) < 4.78 is 13.2. The fourth-order valence-corrected chi connectivity index (χ4v) is 3.84. The van der Waals surface area contributed by atoms with E-state index in [2.05, 4.69) is 20.5 Å². The summed E-state index contributed by atoms with van der Waals surface area (Å²) >= 11 is 0. The average Bonchev–Trinajstić information content (AvgIpc) is 3.20. The van der Waals surface area contributed by atoms with Crippen molar-refractivity contribution < 1.29 is 14.3 Å². The lowest BCUT2D eigenvalue weighted by atomic mass is 10.0. The van der Waals surface area contributed by atoms with E-state index >= 15 is 0 Å². The van der Waals surface area contributed by atoms with Crippen molar-refractivity contribution in [3.8, 4) is 5.75 Å². The molecule has 1 N–H and O–H groups in total. The molecule has 0 bridgehead atoms. The van der Waals surface area contributed by atoms with Gasteiger partial charge in [0.05, 0.1) is 37.8 Å². The minimum Gasteiger partial charge on any atom is -0.496 e. The molecule has 0 radical (unpaired) electrons. The van der Waals surface area contributed by atoms with Gasteiger partial charge in [-0.25, -0.2) is 4.68 Å². The maximum absolute atomic E-state index is 12.3. The van der Waals surface area contributed by atoms with E-state index in [1.165, 1.54) is 0 Å². The third-order valence-corrected chi connectivity index (χ3v) is 5.34. The lowest BCUT2D eigenvalue weighted by Crippen LogP contribution is -2.48. The predicted octanol–water partition coefficient (Wildman–Crippen LogP) is 1.14. The number of nitrogens with one attached hydrogen (secondary N) is 1. The summed E-state index contributed by atoms with van der Waals surface area (Å²) in [5.41, 5.74) is 2.00. The van der Waals surface area contributed by atoms with Crippen LogP contribution in [-0.2, 0) is 22.7 Å². The van der Waals surface area contributed by atoms with Crippen LogP contribution in [0.3, 0.4) is 0 Å². The van der Waals surface area contributed by atoms with Crippen molar-refractivity contribution in [3.05, 3.63) is 41.7 Å².